The molecule has 0 radical (unpaired) electrons. The number of benzene rings is 1. The highest BCUT2D eigenvalue weighted by Gasteiger charge is 2.18. The van der Waals surface area contributed by atoms with Crippen molar-refractivity contribution in [1.29, 1.82) is 0 Å². The molecule has 0 aliphatic heterocycles. The summed E-state index contributed by atoms with van der Waals surface area (Å²) < 4.78 is 2.08. The van der Waals surface area contributed by atoms with E-state index in [9.17, 15) is 9.59 Å². The van der Waals surface area contributed by atoms with Gasteiger partial charge in [0.15, 0.2) is 0 Å². The van der Waals surface area contributed by atoms with Crippen LogP contribution in [0.15, 0.2) is 36.5 Å². The molecule has 32 heavy (non-hydrogen) atoms. The van der Waals surface area contributed by atoms with Crippen molar-refractivity contribution in [3.8, 4) is 5.69 Å². The number of hydrogen-bond acceptors (Lipinski definition) is 3. The Kier molecular flexibility index (Phi) is 7.51. The quantitative estimate of drug-likeness (QED) is 0.449. The molecular formula is C25H33N5O2. The van der Waals surface area contributed by atoms with Crippen LogP contribution in [0.5, 0.6) is 0 Å². The normalized spacial score (nSPS) is 11.9. The van der Waals surface area contributed by atoms with Crippen molar-refractivity contribution < 1.29 is 9.59 Å². The molecule has 3 N–H and O–H groups in total. The van der Waals surface area contributed by atoms with Crippen LogP contribution in [0.2, 0.25) is 0 Å². The van der Waals surface area contributed by atoms with Crippen molar-refractivity contribution in [1.82, 2.24) is 25.4 Å². The number of rotatable bonds is 9. The third-order valence-corrected chi connectivity index (χ3v) is 5.78. The van der Waals surface area contributed by atoms with Gasteiger partial charge in [0.2, 0.25) is 5.91 Å². The summed E-state index contributed by atoms with van der Waals surface area (Å²) in [5, 5.41) is 12.8. The van der Waals surface area contributed by atoms with Crippen LogP contribution >= 0.6 is 0 Å². The summed E-state index contributed by atoms with van der Waals surface area (Å²) in [5.74, 6) is -0.556. The number of aromatic nitrogens is 3. The minimum absolute atomic E-state index is 0.0595. The summed E-state index contributed by atoms with van der Waals surface area (Å²) in [4.78, 5) is 25.5. The van der Waals surface area contributed by atoms with E-state index < -0.39 is 0 Å². The van der Waals surface area contributed by atoms with Gasteiger partial charge in [-0.3, -0.25) is 14.7 Å². The molecule has 2 heterocycles. The number of hydrogen-bond donors (Lipinski definition) is 3. The van der Waals surface area contributed by atoms with Crippen molar-refractivity contribution in [2.75, 3.05) is 13.1 Å². The maximum Gasteiger partial charge on any atom is 0.253 e. The molecule has 0 aliphatic rings. The van der Waals surface area contributed by atoms with Gasteiger partial charge in [-0.25, -0.2) is 0 Å². The highest BCUT2D eigenvalue weighted by molar-refractivity contribution is 5.98. The van der Waals surface area contributed by atoms with Gasteiger partial charge in [0.25, 0.3) is 5.91 Å². The molecule has 0 saturated carbocycles. The molecule has 0 fully saturated rings. The third-order valence-electron chi connectivity index (χ3n) is 5.78. The van der Waals surface area contributed by atoms with E-state index in [4.69, 9.17) is 0 Å². The Morgan fingerprint density at radius 1 is 1.06 bits per heavy atom. The molecule has 1 aromatic carbocycles. The monoisotopic (exact) mass is 435 g/mol. The molecule has 0 bridgehead atoms. The molecule has 0 aliphatic carbocycles. The van der Waals surface area contributed by atoms with Gasteiger partial charge in [0.05, 0.1) is 23.4 Å². The zero-order chi connectivity index (χ0) is 23.3. The van der Waals surface area contributed by atoms with Crippen LogP contribution in [-0.4, -0.2) is 39.7 Å². The standard InChI is InChI=1S/C25H33N5O2/c1-16-8-11-23(30-18(3)9-10-19(30)4)22(13-16)25(32)27-14-17(2)24(31)26-12-6-7-21-15-28-29-20(21)5/h8-11,13,15,17H,6-7,12,14H2,1-5H3,(H,26,31)(H,27,32)(H,28,29). The first-order valence-corrected chi connectivity index (χ1v) is 11.1. The Balaban J connectivity index is 1.55. The van der Waals surface area contributed by atoms with Gasteiger partial charge in [0.1, 0.15) is 0 Å². The second-order valence-corrected chi connectivity index (χ2v) is 8.50. The van der Waals surface area contributed by atoms with Gasteiger partial charge in [-0.2, -0.15) is 5.10 Å². The fourth-order valence-corrected chi connectivity index (χ4v) is 3.80. The van der Waals surface area contributed by atoms with E-state index in [-0.39, 0.29) is 24.3 Å². The van der Waals surface area contributed by atoms with E-state index in [1.807, 2.05) is 71.1 Å². The van der Waals surface area contributed by atoms with Gasteiger partial charge in [-0.15, -0.1) is 0 Å². The Labute approximate surface area is 189 Å². The van der Waals surface area contributed by atoms with Crippen LogP contribution in [0.3, 0.4) is 0 Å². The first-order valence-electron chi connectivity index (χ1n) is 11.1. The number of aryl methyl sites for hydroxylation is 5. The molecule has 1 atom stereocenters. The summed E-state index contributed by atoms with van der Waals surface area (Å²) in [5.41, 5.74) is 6.84. The molecule has 2 amide bonds. The number of carbonyl (C=O) groups is 2. The second-order valence-electron chi connectivity index (χ2n) is 8.50. The summed E-state index contributed by atoms with van der Waals surface area (Å²) in [6.45, 7) is 10.7. The van der Waals surface area contributed by atoms with E-state index in [0.717, 1.165) is 41.2 Å². The first-order chi connectivity index (χ1) is 15.3. The number of aromatic amines is 1. The lowest BCUT2D eigenvalue weighted by Crippen LogP contribution is -2.38. The highest BCUT2D eigenvalue weighted by atomic mass is 16.2. The minimum Gasteiger partial charge on any atom is -0.356 e. The maximum atomic E-state index is 13.0. The number of nitrogens with zero attached hydrogens (tertiary/aromatic N) is 2. The first kappa shape index (κ1) is 23.3. The van der Waals surface area contributed by atoms with Crippen molar-refractivity contribution in [3.63, 3.8) is 0 Å². The van der Waals surface area contributed by atoms with Crippen molar-refractivity contribution >= 4 is 11.8 Å². The minimum atomic E-state index is -0.321. The molecular weight excluding hydrogens is 402 g/mol. The lowest BCUT2D eigenvalue weighted by molar-refractivity contribution is -0.124. The van der Waals surface area contributed by atoms with Gasteiger partial charge < -0.3 is 15.2 Å². The zero-order valence-corrected chi connectivity index (χ0v) is 19.6. The van der Waals surface area contributed by atoms with Crippen LogP contribution in [-0.2, 0) is 11.2 Å². The summed E-state index contributed by atoms with van der Waals surface area (Å²) in [6, 6.07) is 9.95. The Morgan fingerprint density at radius 2 is 1.78 bits per heavy atom. The fraction of sp³-hybridized carbons (Fsp3) is 0.400. The Bertz CT molecular complexity index is 1080. The molecule has 1 unspecified atom stereocenters. The number of nitrogens with one attached hydrogen (secondary N) is 3. The van der Waals surface area contributed by atoms with Crippen molar-refractivity contribution in [3.05, 3.63) is 70.3 Å². The number of H-pyrrole nitrogens is 1. The van der Waals surface area contributed by atoms with E-state index in [1.165, 1.54) is 5.56 Å². The highest BCUT2D eigenvalue weighted by Crippen LogP contribution is 2.21. The lowest BCUT2D eigenvalue weighted by Gasteiger charge is -2.17. The second kappa shape index (κ2) is 10.3. The molecule has 7 nitrogen and oxygen atoms in total. The predicted octanol–water partition coefficient (Wildman–Crippen LogP) is 3.55. The molecule has 0 spiro atoms. The average molecular weight is 436 g/mol. The summed E-state index contributed by atoms with van der Waals surface area (Å²) >= 11 is 0. The Morgan fingerprint density at radius 3 is 2.44 bits per heavy atom. The van der Waals surface area contributed by atoms with E-state index in [1.54, 1.807) is 0 Å². The van der Waals surface area contributed by atoms with Crippen LogP contribution in [0.25, 0.3) is 5.69 Å². The third kappa shape index (κ3) is 5.46. The van der Waals surface area contributed by atoms with Gasteiger partial charge in [-0.1, -0.05) is 18.6 Å². The maximum absolute atomic E-state index is 13.0. The van der Waals surface area contributed by atoms with Crippen molar-refractivity contribution in [2.24, 2.45) is 5.92 Å². The summed E-state index contributed by atoms with van der Waals surface area (Å²) in [6.07, 6.45) is 3.53. The zero-order valence-electron chi connectivity index (χ0n) is 19.6. The topological polar surface area (TPSA) is 91.8 Å². The molecule has 7 heteroatoms. The molecule has 2 aromatic heterocycles. The fourth-order valence-electron chi connectivity index (χ4n) is 3.80. The number of amides is 2. The molecule has 0 saturated heterocycles. The molecule has 3 aromatic rings. The van der Waals surface area contributed by atoms with Gasteiger partial charge in [-0.05, 0) is 70.4 Å². The largest absolute Gasteiger partial charge is 0.356 e. The predicted molar refractivity (Wildman–Crippen MR) is 126 cm³/mol. The number of carbonyl (C=O) groups excluding carboxylic acids is 2. The van der Waals surface area contributed by atoms with Crippen LogP contribution in [0, 0.1) is 33.6 Å². The van der Waals surface area contributed by atoms with Crippen LogP contribution in [0.1, 0.15) is 51.9 Å². The van der Waals surface area contributed by atoms with Gasteiger partial charge in [0, 0.05) is 30.2 Å². The van der Waals surface area contributed by atoms with E-state index in [0.29, 0.717) is 12.1 Å². The smallest absolute Gasteiger partial charge is 0.253 e. The average Bonchev–Trinajstić information content (AvgIpc) is 3.33. The SMILES string of the molecule is Cc1ccc(-n2c(C)ccc2C)c(C(=O)NCC(C)C(=O)NCCCc2cn[nH]c2C)c1. The Hall–Kier alpha value is -3.35. The van der Waals surface area contributed by atoms with Gasteiger partial charge >= 0.3 is 0 Å². The van der Waals surface area contributed by atoms with E-state index in [2.05, 4.69) is 25.4 Å². The van der Waals surface area contributed by atoms with Crippen LogP contribution in [0.4, 0.5) is 0 Å². The summed E-state index contributed by atoms with van der Waals surface area (Å²) in [7, 11) is 0. The van der Waals surface area contributed by atoms with Crippen LogP contribution < -0.4 is 10.6 Å². The van der Waals surface area contributed by atoms with Crippen molar-refractivity contribution in [2.45, 2.75) is 47.5 Å². The lowest BCUT2D eigenvalue weighted by atomic mass is 10.1. The molecule has 3 rings (SSSR count). The molecule has 170 valence electrons. The van der Waals surface area contributed by atoms with E-state index >= 15 is 0 Å².